The normalized spacial score (nSPS) is 15.5. The molecule has 3 aromatic rings. The van der Waals surface area contributed by atoms with E-state index in [4.69, 9.17) is 16.3 Å². The molecule has 1 fully saturated rings. The van der Waals surface area contributed by atoms with Gasteiger partial charge in [0, 0.05) is 36.4 Å². The minimum Gasteiger partial charge on any atom is -0.378 e. The Morgan fingerprint density at radius 3 is 2.68 bits per heavy atom. The average molecular weight is 432 g/mol. The van der Waals surface area contributed by atoms with Crippen molar-refractivity contribution in [1.82, 2.24) is 19.8 Å². The van der Waals surface area contributed by atoms with Crippen LogP contribution in [0.1, 0.15) is 11.1 Å². The first-order valence-electron chi connectivity index (χ1n) is 10.3. The van der Waals surface area contributed by atoms with Gasteiger partial charge in [-0.2, -0.15) is 0 Å². The van der Waals surface area contributed by atoms with Crippen LogP contribution in [0, 0.1) is 6.58 Å². The van der Waals surface area contributed by atoms with Gasteiger partial charge in [0.15, 0.2) is 5.16 Å². The van der Waals surface area contributed by atoms with E-state index >= 15 is 0 Å². The highest BCUT2D eigenvalue weighted by atomic mass is 32.2. The maximum atomic E-state index is 13.4. The predicted octanol–water partition coefficient (Wildman–Crippen LogP) is 3.09. The van der Waals surface area contributed by atoms with E-state index in [0.717, 1.165) is 35.7 Å². The van der Waals surface area contributed by atoms with Crippen molar-refractivity contribution in [2.75, 3.05) is 32.1 Å². The molecule has 0 atom stereocenters. The Morgan fingerprint density at radius 2 is 1.94 bits per heavy atom. The molecule has 0 unspecified atom stereocenters. The van der Waals surface area contributed by atoms with E-state index in [1.54, 1.807) is 16.3 Å². The van der Waals surface area contributed by atoms with Crippen molar-refractivity contribution in [3.05, 3.63) is 88.5 Å². The van der Waals surface area contributed by atoms with E-state index in [2.05, 4.69) is 10.2 Å². The van der Waals surface area contributed by atoms with Gasteiger partial charge in [-0.15, -0.1) is 0 Å². The SMILES string of the molecule is [CH]=C(c1ccc2c(=O)n(Cc3ccccc3)c(SCC3=CN3)nc2c1)N1CCOCC1. The van der Waals surface area contributed by atoms with Gasteiger partial charge in [-0.1, -0.05) is 48.2 Å². The van der Waals surface area contributed by atoms with Crippen LogP contribution in [0.15, 0.2) is 70.4 Å². The Hall–Kier alpha value is -3.03. The zero-order valence-electron chi connectivity index (χ0n) is 17.1. The lowest BCUT2D eigenvalue weighted by molar-refractivity contribution is 0.0640. The van der Waals surface area contributed by atoms with Crippen molar-refractivity contribution in [2.24, 2.45) is 0 Å². The van der Waals surface area contributed by atoms with Gasteiger partial charge in [0.1, 0.15) is 0 Å². The molecule has 2 aliphatic heterocycles. The highest BCUT2D eigenvalue weighted by Gasteiger charge is 2.18. The minimum absolute atomic E-state index is 0.0365. The fraction of sp³-hybridized carbons (Fsp3) is 0.250. The molecule has 1 radical (unpaired) electrons. The van der Waals surface area contributed by atoms with Gasteiger partial charge in [0.25, 0.3) is 5.56 Å². The zero-order valence-corrected chi connectivity index (χ0v) is 17.9. The number of aromatic nitrogens is 2. The van der Waals surface area contributed by atoms with Gasteiger partial charge >= 0.3 is 0 Å². The number of nitrogens with one attached hydrogen (secondary N) is 1. The standard InChI is InChI=1S/C24H23N4O2S/c1-17(27-9-11-30-12-10-27)19-7-8-21-22(13-19)26-24(31-16-20-14-25-20)28(23(21)29)15-18-5-3-2-4-6-18/h1-8,13-14,25H,9-12,15-16H2. The van der Waals surface area contributed by atoms with Crippen LogP contribution in [-0.4, -0.2) is 46.5 Å². The fourth-order valence-corrected chi connectivity index (χ4v) is 4.56. The minimum atomic E-state index is -0.0365. The maximum Gasteiger partial charge on any atom is 0.262 e. The lowest BCUT2D eigenvalue weighted by Gasteiger charge is -2.30. The van der Waals surface area contributed by atoms with Crippen LogP contribution in [0.2, 0.25) is 0 Å². The smallest absolute Gasteiger partial charge is 0.262 e. The molecule has 0 saturated carbocycles. The first-order valence-corrected chi connectivity index (χ1v) is 11.3. The molecule has 1 N–H and O–H groups in total. The lowest BCUT2D eigenvalue weighted by Crippen LogP contribution is -2.34. The van der Waals surface area contributed by atoms with E-state index in [1.807, 2.05) is 54.7 Å². The molecule has 31 heavy (non-hydrogen) atoms. The lowest BCUT2D eigenvalue weighted by atomic mass is 10.1. The molecule has 3 heterocycles. The Kier molecular flexibility index (Phi) is 5.53. The van der Waals surface area contributed by atoms with Gasteiger partial charge in [0.05, 0.1) is 30.7 Å². The predicted molar refractivity (Wildman–Crippen MR) is 124 cm³/mol. The van der Waals surface area contributed by atoms with E-state index in [-0.39, 0.29) is 5.56 Å². The molecule has 0 bridgehead atoms. The zero-order chi connectivity index (χ0) is 21.2. The molecule has 1 aromatic heterocycles. The molecule has 0 spiro atoms. The molecule has 2 aromatic carbocycles. The van der Waals surface area contributed by atoms with Gasteiger partial charge in [-0.25, -0.2) is 4.98 Å². The van der Waals surface area contributed by atoms with Crippen molar-refractivity contribution in [1.29, 1.82) is 0 Å². The van der Waals surface area contributed by atoms with Crippen molar-refractivity contribution in [3.63, 3.8) is 0 Å². The Bertz CT molecular complexity index is 1210. The molecule has 2 aliphatic rings. The van der Waals surface area contributed by atoms with Crippen molar-refractivity contribution in [2.45, 2.75) is 11.7 Å². The summed E-state index contributed by atoms with van der Waals surface area (Å²) in [6.45, 7) is 9.78. The summed E-state index contributed by atoms with van der Waals surface area (Å²) in [7, 11) is 0. The highest BCUT2D eigenvalue weighted by molar-refractivity contribution is 7.99. The molecule has 1 saturated heterocycles. The van der Waals surface area contributed by atoms with Crippen LogP contribution >= 0.6 is 11.8 Å². The third kappa shape index (κ3) is 4.38. The summed E-state index contributed by atoms with van der Waals surface area (Å²) < 4.78 is 7.19. The van der Waals surface area contributed by atoms with E-state index < -0.39 is 0 Å². The number of morpholine rings is 1. The Morgan fingerprint density at radius 1 is 1.16 bits per heavy atom. The monoisotopic (exact) mass is 431 g/mol. The number of rotatable bonds is 7. The molecule has 5 rings (SSSR count). The van der Waals surface area contributed by atoms with Crippen LogP contribution in [-0.2, 0) is 11.3 Å². The maximum absolute atomic E-state index is 13.4. The summed E-state index contributed by atoms with van der Waals surface area (Å²) in [6, 6.07) is 15.7. The Balaban J connectivity index is 1.53. The van der Waals surface area contributed by atoms with Crippen LogP contribution in [0.4, 0.5) is 0 Å². The number of fused-ring (bicyclic) bond motifs is 1. The second-order valence-electron chi connectivity index (χ2n) is 7.59. The number of ether oxygens (including phenoxy) is 1. The van der Waals surface area contributed by atoms with Crippen LogP contribution in [0.3, 0.4) is 0 Å². The van der Waals surface area contributed by atoms with Crippen LogP contribution < -0.4 is 10.9 Å². The summed E-state index contributed by atoms with van der Waals surface area (Å²) in [4.78, 5) is 20.4. The van der Waals surface area contributed by atoms with Gasteiger partial charge < -0.3 is 15.0 Å². The number of hydrogen-bond donors (Lipinski definition) is 1. The molecule has 157 valence electrons. The second kappa shape index (κ2) is 8.61. The molecule has 0 aliphatic carbocycles. The van der Waals surface area contributed by atoms with Gasteiger partial charge in [-0.3, -0.25) is 9.36 Å². The molecule has 0 amide bonds. The largest absolute Gasteiger partial charge is 0.378 e. The summed E-state index contributed by atoms with van der Waals surface area (Å²) >= 11 is 1.56. The first kappa shape index (κ1) is 19.9. The quantitative estimate of drug-likeness (QED) is 0.458. The number of benzene rings is 2. The summed E-state index contributed by atoms with van der Waals surface area (Å²) in [5.41, 5.74) is 4.43. The second-order valence-corrected chi connectivity index (χ2v) is 8.53. The van der Waals surface area contributed by atoms with Crippen LogP contribution in [0.25, 0.3) is 16.6 Å². The number of nitrogens with zero attached hydrogens (tertiary/aromatic N) is 3. The topological polar surface area (TPSA) is 69.3 Å². The van der Waals surface area contributed by atoms with Gasteiger partial charge in [0.2, 0.25) is 0 Å². The van der Waals surface area contributed by atoms with Crippen molar-refractivity contribution in [3.8, 4) is 0 Å². The average Bonchev–Trinajstić information content (AvgIpc) is 3.65. The fourth-order valence-electron chi connectivity index (χ4n) is 3.64. The summed E-state index contributed by atoms with van der Waals surface area (Å²) in [6.07, 6.45) is 1.96. The van der Waals surface area contributed by atoms with E-state index in [9.17, 15) is 4.79 Å². The van der Waals surface area contributed by atoms with Crippen LogP contribution in [0.5, 0.6) is 0 Å². The molecular weight excluding hydrogens is 408 g/mol. The number of thioether (sulfide) groups is 1. The molecular formula is C24H23N4O2S. The van der Waals surface area contributed by atoms with Gasteiger partial charge in [-0.05, 0) is 29.8 Å². The first-order chi connectivity index (χ1) is 15.2. The van der Waals surface area contributed by atoms with Crippen molar-refractivity contribution < 1.29 is 4.74 Å². The highest BCUT2D eigenvalue weighted by Crippen LogP contribution is 2.25. The third-order valence-electron chi connectivity index (χ3n) is 5.46. The summed E-state index contributed by atoms with van der Waals surface area (Å²) in [5, 5.41) is 4.41. The number of hydrogen-bond acceptors (Lipinski definition) is 6. The van der Waals surface area contributed by atoms with Crippen molar-refractivity contribution >= 4 is 28.4 Å². The van der Waals surface area contributed by atoms with E-state index in [0.29, 0.717) is 41.5 Å². The van der Waals surface area contributed by atoms with E-state index in [1.165, 1.54) is 0 Å². The third-order valence-corrected chi connectivity index (χ3v) is 6.48. The Labute approximate surface area is 185 Å². The molecule has 6 nitrogen and oxygen atoms in total. The molecule has 7 heteroatoms. The summed E-state index contributed by atoms with van der Waals surface area (Å²) in [5.74, 6) is 0.758.